The van der Waals surface area contributed by atoms with E-state index in [2.05, 4.69) is 10.5 Å². The van der Waals surface area contributed by atoms with Crippen LogP contribution in [0.2, 0.25) is 0 Å². The summed E-state index contributed by atoms with van der Waals surface area (Å²) in [7, 11) is 0. The molecule has 0 fully saturated rings. The number of rotatable bonds is 8. The Morgan fingerprint density at radius 1 is 0.879 bits per heavy atom. The van der Waals surface area contributed by atoms with Gasteiger partial charge in [-0.05, 0) is 35.9 Å². The molecule has 0 saturated carbocycles. The van der Waals surface area contributed by atoms with E-state index >= 15 is 0 Å². The average Bonchev–Trinajstić information content (AvgIpc) is 3.32. The van der Waals surface area contributed by atoms with E-state index < -0.39 is 11.9 Å². The lowest BCUT2D eigenvalue weighted by atomic mass is 10.1. The van der Waals surface area contributed by atoms with Crippen molar-refractivity contribution in [1.29, 1.82) is 0 Å². The molecule has 0 aliphatic heterocycles. The Bertz CT molecular complexity index is 1290. The van der Waals surface area contributed by atoms with Gasteiger partial charge < -0.3 is 14.3 Å². The molecule has 0 spiro atoms. The zero-order valence-electron chi connectivity index (χ0n) is 17.5. The van der Waals surface area contributed by atoms with Crippen LogP contribution >= 0.6 is 0 Å². The molecule has 4 rings (SSSR count). The van der Waals surface area contributed by atoms with E-state index in [4.69, 9.17) is 9.15 Å². The molecule has 0 aliphatic carbocycles. The molecule has 0 aliphatic rings. The predicted octanol–water partition coefficient (Wildman–Crippen LogP) is 4.99. The van der Waals surface area contributed by atoms with Crippen molar-refractivity contribution < 1.29 is 23.8 Å². The van der Waals surface area contributed by atoms with E-state index in [1.54, 1.807) is 54.6 Å². The molecule has 1 heterocycles. The molecule has 2 N–H and O–H groups in total. The maximum Gasteiger partial charge on any atom is 0.336 e. The second-order valence-corrected chi connectivity index (χ2v) is 7.02. The summed E-state index contributed by atoms with van der Waals surface area (Å²) in [6, 6.07) is 26.4. The fourth-order valence-electron chi connectivity index (χ4n) is 3.18. The van der Waals surface area contributed by atoms with Gasteiger partial charge in [-0.25, -0.2) is 10.2 Å². The molecular weight excluding hydrogens is 420 g/mol. The number of para-hydroxylation sites is 1. The van der Waals surface area contributed by atoms with E-state index in [0.717, 1.165) is 5.56 Å². The Hall–Kier alpha value is -4.65. The summed E-state index contributed by atoms with van der Waals surface area (Å²) >= 11 is 0. The monoisotopic (exact) mass is 440 g/mol. The Morgan fingerprint density at radius 3 is 2.36 bits per heavy atom. The SMILES string of the molecule is O=C(N/N=C/c1ccc(-c2ccccc2C(=O)O)o1)c1ccccc1OCc1ccccc1. The van der Waals surface area contributed by atoms with Gasteiger partial charge in [0.2, 0.25) is 0 Å². The number of amides is 1. The molecule has 0 radical (unpaired) electrons. The number of furan rings is 1. The van der Waals surface area contributed by atoms with Gasteiger partial charge in [0.15, 0.2) is 0 Å². The highest BCUT2D eigenvalue weighted by Gasteiger charge is 2.14. The van der Waals surface area contributed by atoms with Gasteiger partial charge in [-0.1, -0.05) is 60.7 Å². The summed E-state index contributed by atoms with van der Waals surface area (Å²) in [5, 5.41) is 13.3. The third-order valence-corrected chi connectivity index (χ3v) is 4.78. The van der Waals surface area contributed by atoms with Crippen molar-refractivity contribution in [1.82, 2.24) is 5.43 Å². The number of carboxylic acid groups (broad SMARTS) is 1. The van der Waals surface area contributed by atoms with Crippen LogP contribution in [0.1, 0.15) is 32.0 Å². The minimum absolute atomic E-state index is 0.135. The third-order valence-electron chi connectivity index (χ3n) is 4.78. The molecule has 7 nitrogen and oxygen atoms in total. The van der Waals surface area contributed by atoms with Gasteiger partial charge in [-0.2, -0.15) is 5.10 Å². The number of hydrazone groups is 1. The largest absolute Gasteiger partial charge is 0.488 e. The van der Waals surface area contributed by atoms with Gasteiger partial charge in [0, 0.05) is 5.56 Å². The summed E-state index contributed by atoms with van der Waals surface area (Å²) in [5.74, 6) is -0.283. The number of benzene rings is 3. The van der Waals surface area contributed by atoms with Crippen LogP contribution in [-0.2, 0) is 6.61 Å². The maximum atomic E-state index is 12.6. The molecule has 33 heavy (non-hydrogen) atoms. The van der Waals surface area contributed by atoms with Crippen molar-refractivity contribution in [3.05, 3.63) is 113 Å². The summed E-state index contributed by atoms with van der Waals surface area (Å²) in [4.78, 5) is 24.0. The number of hydrogen-bond acceptors (Lipinski definition) is 5. The van der Waals surface area contributed by atoms with Gasteiger partial charge in [0.1, 0.15) is 23.9 Å². The molecule has 3 aromatic carbocycles. The number of carbonyl (C=O) groups is 2. The highest BCUT2D eigenvalue weighted by molar-refractivity contribution is 5.97. The predicted molar refractivity (Wildman–Crippen MR) is 123 cm³/mol. The first-order valence-electron chi connectivity index (χ1n) is 10.1. The lowest BCUT2D eigenvalue weighted by Gasteiger charge is -2.10. The van der Waals surface area contributed by atoms with Crippen LogP contribution in [-0.4, -0.2) is 23.2 Å². The van der Waals surface area contributed by atoms with Gasteiger partial charge >= 0.3 is 5.97 Å². The van der Waals surface area contributed by atoms with Crippen LogP contribution in [0, 0.1) is 0 Å². The molecular formula is C26H20N2O5. The zero-order chi connectivity index (χ0) is 23.0. The van der Waals surface area contributed by atoms with Crippen LogP contribution in [0.4, 0.5) is 0 Å². The molecule has 1 amide bonds. The third kappa shape index (κ3) is 5.34. The summed E-state index contributed by atoms with van der Waals surface area (Å²) in [6.07, 6.45) is 1.35. The molecule has 0 unspecified atom stereocenters. The first kappa shape index (κ1) is 21.6. The fraction of sp³-hybridized carbons (Fsp3) is 0.0385. The summed E-state index contributed by atoms with van der Waals surface area (Å²) in [5.41, 5.74) is 4.39. The van der Waals surface area contributed by atoms with Gasteiger partial charge in [0.25, 0.3) is 5.91 Å². The number of nitrogens with one attached hydrogen (secondary N) is 1. The quantitative estimate of drug-likeness (QED) is 0.297. The highest BCUT2D eigenvalue weighted by atomic mass is 16.5. The lowest BCUT2D eigenvalue weighted by molar-refractivity contribution is 0.0697. The van der Waals surface area contributed by atoms with Crippen molar-refractivity contribution in [2.24, 2.45) is 5.10 Å². The van der Waals surface area contributed by atoms with E-state index in [0.29, 0.717) is 35.0 Å². The normalized spacial score (nSPS) is 10.8. The fourth-order valence-corrected chi connectivity index (χ4v) is 3.18. The van der Waals surface area contributed by atoms with Crippen LogP contribution < -0.4 is 10.2 Å². The molecule has 0 saturated heterocycles. The molecule has 0 bridgehead atoms. The van der Waals surface area contributed by atoms with Crippen molar-refractivity contribution in [2.45, 2.75) is 6.61 Å². The van der Waals surface area contributed by atoms with Crippen LogP contribution in [0.15, 0.2) is 101 Å². The van der Waals surface area contributed by atoms with Gasteiger partial charge in [-0.15, -0.1) is 0 Å². The van der Waals surface area contributed by atoms with Gasteiger partial charge in [-0.3, -0.25) is 4.79 Å². The van der Waals surface area contributed by atoms with Gasteiger partial charge in [0.05, 0.1) is 17.3 Å². The summed E-state index contributed by atoms with van der Waals surface area (Å²) in [6.45, 7) is 0.335. The number of nitrogens with zero attached hydrogens (tertiary/aromatic N) is 1. The first-order valence-corrected chi connectivity index (χ1v) is 10.1. The highest BCUT2D eigenvalue weighted by Crippen LogP contribution is 2.25. The summed E-state index contributed by atoms with van der Waals surface area (Å²) < 4.78 is 11.5. The molecule has 7 heteroatoms. The number of carbonyl (C=O) groups excluding carboxylic acids is 1. The number of ether oxygens (including phenoxy) is 1. The van der Waals surface area contributed by atoms with Crippen LogP contribution in [0.25, 0.3) is 11.3 Å². The van der Waals surface area contributed by atoms with E-state index in [1.165, 1.54) is 12.3 Å². The second-order valence-electron chi connectivity index (χ2n) is 7.02. The van der Waals surface area contributed by atoms with E-state index in [1.807, 2.05) is 30.3 Å². The van der Waals surface area contributed by atoms with E-state index in [9.17, 15) is 14.7 Å². The Kier molecular flexibility index (Phi) is 6.61. The number of hydrogen-bond donors (Lipinski definition) is 2. The Morgan fingerprint density at radius 2 is 1.58 bits per heavy atom. The number of aromatic carboxylic acids is 1. The second kappa shape index (κ2) is 10.1. The minimum atomic E-state index is -1.04. The average molecular weight is 440 g/mol. The minimum Gasteiger partial charge on any atom is -0.488 e. The Labute approximate surface area is 190 Å². The number of carboxylic acids is 1. The maximum absolute atomic E-state index is 12.6. The molecule has 4 aromatic rings. The topological polar surface area (TPSA) is 101 Å². The lowest BCUT2D eigenvalue weighted by Crippen LogP contribution is -2.18. The smallest absolute Gasteiger partial charge is 0.336 e. The molecule has 0 atom stereocenters. The van der Waals surface area contributed by atoms with E-state index in [-0.39, 0.29) is 5.56 Å². The Balaban J connectivity index is 1.42. The van der Waals surface area contributed by atoms with Crippen molar-refractivity contribution in [2.75, 3.05) is 0 Å². The van der Waals surface area contributed by atoms with Crippen molar-refractivity contribution >= 4 is 18.1 Å². The van der Waals surface area contributed by atoms with Crippen LogP contribution in [0.5, 0.6) is 5.75 Å². The van der Waals surface area contributed by atoms with Crippen molar-refractivity contribution in [3.63, 3.8) is 0 Å². The zero-order valence-corrected chi connectivity index (χ0v) is 17.5. The molecule has 1 aromatic heterocycles. The first-order chi connectivity index (χ1) is 16.1. The molecule has 164 valence electrons. The van der Waals surface area contributed by atoms with Crippen molar-refractivity contribution in [3.8, 4) is 17.1 Å². The van der Waals surface area contributed by atoms with Crippen LogP contribution in [0.3, 0.4) is 0 Å². The standard InChI is InChI=1S/C26H20N2O5/c29-25(22-12-6-7-13-23(22)32-17-18-8-2-1-3-9-18)28-27-16-19-14-15-24(33-19)20-10-4-5-11-21(20)26(30)31/h1-16H,17H2,(H,28,29)(H,30,31)/b27-16+.